The summed E-state index contributed by atoms with van der Waals surface area (Å²) in [5, 5.41) is 20.1. The molecule has 1 aliphatic rings. The van der Waals surface area contributed by atoms with Crippen molar-refractivity contribution < 1.29 is 14.8 Å². The molecule has 1 aliphatic heterocycles. The Kier molecular flexibility index (Phi) is 4.40. The van der Waals surface area contributed by atoms with E-state index in [-0.39, 0.29) is 17.1 Å². The van der Waals surface area contributed by atoms with E-state index in [1.165, 1.54) is 6.20 Å². The summed E-state index contributed by atoms with van der Waals surface area (Å²) < 4.78 is 0. The number of anilines is 1. The van der Waals surface area contributed by atoms with Gasteiger partial charge >= 0.3 is 11.7 Å². The van der Waals surface area contributed by atoms with Crippen LogP contribution in [0.15, 0.2) is 12.3 Å². The number of aromatic carboxylic acids is 1. The van der Waals surface area contributed by atoms with E-state index in [0.29, 0.717) is 24.9 Å². The molecule has 0 saturated carbocycles. The molecule has 1 saturated heterocycles. The Labute approximate surface area is 122 Å². The Morgan fingerprint density at radius 1 is 1.48 bits per heavy atom. The summed E-state index contributed by atoms with van der Waals surface area (Å²) >= 11 is 0. The summed E-state index contributed by atoms with van der Waals surface area (Å²) in [6.07, 6.45) is 3.12. The summed E-state index contributed by atoms with van der Waals surface area (Å²) in [4.78, 5) is 27.4. The maximum Gasteiger partial charge on any atom is 0.337 e. The fraction of sp³-hybridized carbons (Fsp3) is 0.571. The van der Waals surface area contributed by atoms with Crippen LogP contribution < -0.4 is 4.90 Å². The number of pyridine rings is 1. The van der Waals surface area contributed by atoms with Gasteiger partial charge in [0, 0.05) is 25.4 Å². The summed E-state index contributed by atoms with van der Waals surface area (Å²) in [5.74, 6) is 0.283. The van der Waals surface area contributed by atoms with Gasteiger partial charge in [-0.1, -0.05) is 13.8 Å². The van der Waals surface area contributed by atoms with E-state index in [0.717, 1.165) is 18.9 Å². The van der Waals surface area contributed by atoms with Crippen LogP contribution in [0.2, 0.25) is 0 Å². The van der Waals surface area contributed by atoms with Crippen molar-refractivity contribution in [3.05, 3.63) is 27.9 Å². The highest BCUT2D eigenvalue weighted by molar-refractivity contribution is 5.88. The fourth-order valence-electron chi connectivity index (χ4n) is 2.72. The molecule has 21 heavy (non-hydrogen) atoms. The molecule has 0 bridgehead atoms. The van der Waals surface area contributed by atoms with Crippen LogP contribution in [0.4, 0.5) is 11.5 Å². The topological polar surface area (TPSA) is 96.6 Å². The molecular weight excluding hydrogens is 274 g/mol. The van der Waals surface area contributed by atoms with Gasteiger partial charge < -0.3 is 10.0 Å². The normalized spacial score (nSPS) is 16.2. The van der Waals surface area contributed by atoms with Gasteiger partial charge in [-0.3, -0.25) is 10.1 Å². The summed E-state index contributed by atoms with van der Waals surface area (Å²) in [6, 6.07) is 1.08. The van der Waals surface area contributed by atoms with Crippen molar-refractivity contribution in [1.82, 2.24) is 4.98 Å². The lowest BCUT2D eigenvalue weighted by Gasteiger charge is -2.34. The zero-order chi connectivity index (χ0) is 15.6. The number of hydrogen-bond donors (Lipinski definition) is 1. The first-order valence-electron chi connectivity index (χ1n) is 7.02. The Hall–Kier alpha value is -2.18. The molecule has 0 atom stereocenters. The monoisotopic (exact) mass is 293 g/mol. The van der Waals surface area contributed by atoms with Crippen LogP contribution in [0.1, 0.15) is 37.0 Å². The second kappa shape index (κ2) is 6.07. The Morgan fingerprint density at radius 2 is 2.10 bits per heavy atom. The number of rotatable bonds is 4. The van der Waals surface area contributed by atoms with Crippen LogP contribution in [0.3, 0.4) is 0 Å². The van der Waals surface area contributed by atoms with Crippen molar-refractivity contribution in [1.29, 1.82) is 0 Å². The highest BCUT2D eigenvalue weighted by atomic mass is 16.6. The van der Waals surface area contributed by atoms with E-state index in [1.54, 1.807) is 0 Å². The van der Waals surface area contributed by atoms with Gasteiger partial charge in [-0.15, -0.1) is 0 Å². The highest BCUT2D eigenvalue weighted by Gasteiger charge is 2.28. The van der Waals surface area contributed by atoms with E-state index in [1.807, 2.05) is 4.90 Å². The van der Waals surface area contributed by atoms with Gasteiger partial charge in [0.1, 0.15) is 0 Å². The first-order chi connectivity index (χ1) is 9.90. The summed E-state index contributed by atoms with van der Waals surface area (Å²) in [5.41, 5.74) is -0.402. The van der Waals surface area contributed by atoms with Crippen molar-refractivity contribution in [2.45, 2.75) is 26.7 Å². The van der Waals surface area contributed by atoms with Crippen molar-refractivity contribution in [3.63, 3.8) is 0 Å². The highest BCUT2D eigenvalue weighted by Crippen LogP contribution is 2.32. The number of carbonyl (C=O) groups is 1. The largest absolute Gasteiger partial charge is 0.478 e. The standard InChI is InChI=1S/C14H19N3O4/c1-9(2)10-3-5-16(6-4-10)13-12(17(20)21)7-11(8-15-13)14(18)19/h7-10H,3-6H2,1-2H3,(H,18,19). The van der Waals surface area contributed by atoms with E-state index < -0.39 is 10.9 Å². The Bertz CT molecular complexity index is 551. The first-order valence-corrected chi connectivity index (χ1v) is 7.02. The summed E-state index contributed by atoms with van der Waals surface area (Å²) in [6.45, 7) is 5.79. The third-order valence-corrected chi connectivity index (χ3v) is 4.07. The van der Waals surface area contributed by atoms with Crippen LogP contribution in [-0.2, 0) is 0 Å². The zero-order valence-electron chi connectivity index (χ0n) is 12.2. The van der Waals surface area contributed by atoms with Crippen molar-refractivity contribution in [2.24, 2.45) is 11.8 Å². The molecule has 0 aliphatic carbocycles. The molecule has 1 aromatic heterocycles. The molecule has 0 radical (unpaired) electrons. The Balaban J connectivity index is 2.24. The minimum Gasteiger partial charge on any atom is -0.478 e. The van der Waals surface area contributed by atoms with Gasteiger partial charge in [-0.25, -0.2) is 9.78 Å². The molecule has 0 unspecified atom stereocenters. The molecule has 1 N–H and O–H groups in total. The molecule has 0 amide bonds. The van der Waals surface area contributed by atoms with Crippen LogP contribution in [0.5, 0.6) is 0 Å². The number of nitro groups is 1. The molecule has 1 fully saturated rings. The lowest BCUT2D eigenvalue weighted by atomic mass is 9.87. The smallest absolute Gasteiger partial charge is 0.337 e. The second-order valence-electron chi connectivity index (χ2n) is 5.70. The predicted molar refractivity (Wildman–Crippen MR) is 77.6 cm³/mol. The molecule has 7 heteroatoms. The van der Waals surface area contributed by atoms with E-state index in [9.17, 15) is 14.9 Å². The van der Waals surface area contributed by atoms with Crippen LogP contribution in [-0.4, -0.2) is 34.1 Å². The van der Waals surface area contributed by atoms with Gasteiger partial charge in [0.15, 0.2) is 0 Å². The van der Waals surface area contributed by atoms with Crippen LogP contribution in [0, 0.1) is 22.0 Å². The molecule has 0 spiro atoms. The lowest BCUT2D eigenvalue weighted by Crippen LogP contribution is -2.36. The number of carboxylic acid groups (broad SMARTS) is 1. The average molecular weight is 293 g/mol. The van der Waals surface area contributed by atoms with E-state index in [2.05, 4.69) is 18.8 Å². The molecule has 2 heterocycles. The predicted octanol–water partition coefficient (Wildman–Crippen LogP) is 2.56. The van der Waals surface area contributed by atoms with Gasteiger partial charge in [0.2, 0.25) is 5.82 Å². The zero-order valence-corrected chi connectivity index (χ0v) is 12.2. The Morgan fingerprint density at radius 3 is 2.57 bits per heavy atom. The maximum atomic E-state index is 11.2. The van der Waals surface area contributed by atoms with Gasteiger partial charge in [0.25, 0.3) is 0 Å². The fourth-order valence-corrected chi connectivity index (χ4v) is 2.72. The number of hydrogen-bond acceptors (Lipinski definition) is 5. The van der Waals surface area contributed by atoms with Crippen molar-refractivity contribution >= 4 is 17.5 Å². The number of nitrogens with zero attached hydrogens (tertiary/aromatic N) is 3. The number of aromatic nitrogens is 1. The van der Waals surface area contributed by atoms with E-state index >= 15 is 0 Å². The minimum absolute atomic E-state index is 0.164. The van der Waals surface area contributed by atoms with Crippen molar-refractivity contribution in [3.8, 4) is 0 Å². The van der Waals surface area contributed by atoms with Gasteiger partial charge in [0.05, 0.1) is 10.5 Å². The van der Waals surface area contributed by atoms with Crippen LogP contribution >= 0.6 is 0 Å². The summed E-state index contributed by atoms with van der Waals surface area (Å²) in [7, 11) is 0. The quantitative estimate of drug-likeness (QED) is 0.677. The third kappa shape index (κ3) is 3.29. The molecular formula is C14H19N3O4. The van der Waals surface area contributed by atoms with Gasteiger partial charge in [-0.2, -0.15) is 0 Å². The molecule has 114 valence electrons. The number of carboxylic acids is 1. The van der Waals surface area contributed by atoms with Crippen molar-refractivity contribution in [2.75, 3.05) is 18.0 Å². The SMILES string of the molecule is CC(C)C1CCN(c2ncc(C(=O)O)cc2[N+](=O)[O-])CC1. The average Bonchev–Trinajstić information content (AvgIpc) is 2.46. The molecule has 2 rings (SSSR count). The molecule has 0 aromatic carbocycles. The lowest BCUT2D eigenvalue weighted by molar-refractivity contribution is -0.384. The first kappa shape index (κ1) is 15.2. The van der Waals surface area contributed by atoms with Crippen LogP contribution in [0.25, 0.3) is 0 Å². The molecule has 1 aromatic rings. The third-order valence-electron chi connectivity index (χ3n) is 4.07. The number of piperidine rings is 1. The second-order valence-corrected chi connectivity index (χ2v) is 5.70. The van der Waals surface area contributed by atoms with E-state index in [4.69, 9.17) is 5.11 Å². The minimum atomic E-state index is -1.21. The van der Waals surface area contributed by atoms with Gasteiger partial charge in [-0.05, 0) is 24.7 Å². The maximum absolute atomic E-state index is 11.2. The molecule has 7 nitrogen and oxygen atoms in total.